The Bertz CT molecular complexity index is 567. The highest BCUT2D eigenvalue weighted by atomic mass is 16.6. The van der Waals surface area contributed by atoms with E-state index in [-0.39, 0.29) is 5.92 Å². The van der Waals surface area contributed by atoms with Crippen LogP contribution in [0.15, 0.2) is 12.2 Å². The fourth-order valence-corrected chi connectivity index (χ4v) is 4.71. The lowest BCUT2D eigenvalue weighted by Gasteiger charge is -2.14. The molecule has 216 valence electrons. The minimum Gasteiger partial charge on any atom is -0.393 e. The smallest absolute Gasteiger partial charge is 0.316 e. The molecule has 4 heteroatoms. The number of ether oxygens (including phenoxy) is 1. The Labute approximate surface area is 229 Å². The molecule has 1 atom stereocenters. The summed E-state index contributed by atoms with van der Waals surface area (Å²) >= 11 is 0. The summed E-state index contributed by atoms with van der Waals surface area (Å²) in [5.74, 6) is -0.419. The number of allylic oxidation sites excluding steroid dienone is 2. The van der Waals surface area contributed by atoms with Gasteiger partial charge in [-0.25, -0.2) is 0 Å². The Kier molecular flexibility index (Phi) is 26.5. The molecule has 0 aromatic rings. The zero-order valence-corrected chi connectivity index (χ0v) is 24.8. The van der Waals surface area contributed by atoms with Crippen molar-refractivity contribution >= 4 is 18.2 Å². The van der Waals surface area contributed by atoms with E-state index in [0.29, 0.717) is 25.7 Å². The van der Waals surface area contributed by atoms with Gasteiger partial charge >= 0.3 is 11.9 Å². The second-order valence-corrected chi connectivity index (χ2v) is 11.3. The lowest BCUT2D eigenvalue weighted by atomic mass is 9.95. The van der Waals surface area contributed by atoms with Gasteiger partial charge in [-0.1, -0.05) is 123 Å². The molecule has 0 saturated heterocycles. The maximum absolute atomic E-state index is 12.5. The number of hydrogen-bond acceptors (Lipinski definition) is 4. The van der Waals surface area contributed by atoms with Gasteiger partial charge in [-0.3, -0.25) is 9.59 Å². The minimum absolute atomic E-state index is 0.306. The first kappa shape index (κ1) is 35.5. The van der Waals surface area contributed by atoms with Crippen LogP contribution >= 0.6 is 0 Å². The molecule has 0 amide bonds. The lowest BCUT2D eigenvalue weighted by Crippen LogP contribution is -2.21. The van der Waals surface area contributed by atoms with Crippen molar-refractivity contribution in [3.05, 3.63) is 12.2 Å². The Morgan fingerprint density at radius 3 is 1.70 bits per heavy atom. The van der Waals surface area contributed by atoms with Crippen molar-refractivity contribution in [2.24, 2.45) is 11.8 Å². The molecule has 37 heavy (non-hydrogen) atoms. The molecule has 0 fully saturated rings. The molecule has 0 aliphatic carbocycles. The molecule has 0 rings (SSSR count). The molecule has 0 aliphatic heterocycles. The van der Waals surface area contributed by atoms with Crippen LogP contribution in [0.4, 0.5) is 0 Å². The fraction of sp³-hybridized carbons (Fsp3) is 0.848. The first-order valence-corrected chi connectivity index (χ1v) is 15.8. The number of carbonyl (C=O) groups excluding carboxylic acids is 3. The zero-order chi connectivity index (χ0) is 27.4. The SMILES string of the molecule is CCCCCCCCC=CCCCCCCCC(=O)OC(=O)C(CCC=O)CCCCCCCC(C)C. The number of esters is 2. The first-order valence-electron chi connectivity index (χ1n) is 15.8. The molecular formula is C33H60O4. The number of hydrogen-bond donors (Lipinski definition) is 0. The number of rotatable bonds is 27. The van der Waals surface area contributed by atoms with Crippen molar-refractivity contribution in [1.82, 2.24) is 0 Å². The number of carbonyl (C=O) groups is 3. The van der Waals surface area contributed by atoms with E-state index in [4.69, 9.17) is 4.74 Å². The van der Waals surface area contributed by atoms with Crippen LogP contribution in [0.3, 0.4) is 0 Å². The maximum Gasteiger partial charge on any atom is 0.316 e. The summed E-state index contributed by atoms with van der Waals surface area (Å²) in [6.45, 7) is 6.76. The van der Waals surface area contributed by atoms with E-state index in [2.05, 4.69) is 32.9 Å². The summed E-state index contributed by atoms with van der Waals surface area (Å²) < 4.78 is 5.15. The average Bonchev–Trinajstić information content (AvgIpc) is 2.87. The standard InChI is InChI=1S/C33H60O4/c1-4-5-6-7-8-9-10-11-12-13-14-15-16-20-23-28-32(35)37-33(36)31(27-24-29-34)26-22-19-17-18-21-25-30(2)3/h11-12,29-31H,4-10,13-28H2,1-3H3. The van der Waals surface area contributed by atoms with Crippen molar-refractivity contribution in [3.8, 4) is 0 Å². The molecule has 0 N–H and O–H groups in total. The molecule has 0 spiro atoms. The van der Waals surface area contributed by atoms with Crippen LogP contribution < -0.4 is 0 Å². The second-order valence-electron chi connectivity index (χ2n) is 11.3. The van der Waals surface area contributed by atoms with E-state index in [0.717, 1.165) is 50.7 Å². The van der Waals surface area contributed by atoms with Gasteiger partial charge in [0.05, 0.1) is 5.92 Å². The summed E-state index contributed by atoms with van der Waals surface area (Å²) in [4.78, 5) is 35.4. The monoisotopic (exact) mass is 520 g/mol. The fourth-order valence-electron chi connectivity index (χ4n) is 4.71. The highest BCUT2D eigenvalue weighted by Crippen LogP contribution is 2.19. The van der Waals surface area contributed by atoms with Crippen LogP contribution in [0.1, 0.15) is 168 Å². The molecule has 1 unspecified atom stereocenters. The molecule has 0 heterocycles. The van der Waals surface area contributed by atoms with Gasteiger partial charge in [0.1, 0.15) is 6.29 Å². The van der Waals surface area contributed by atoms with Crippen molar-refractivity contribution in [2.75, 3.05) is 0 Å². The van der Waals surface area contributed by atoms with Crippen molar-refractivity contribution < 1.29 is 19.1 Å². The van der Waals surface area contributed by atoms with Gasteiger partial charge in [0.25, 0.3) is 0 Å². The average molecular weight is 521 g/mol. The van der Waals surface area contributed by atoms with E-state index < -0.39 is 11.9 Å². The summed E-state index contributed by atoms with van der Waals surface area (Å²) in [5, 5.41) is 0. The Morgan fingerprint density at radius 1 is 0.622 bits per heavy atom. The van der Waals surface area contributed by atoms with Gasteiger partial charge in [-0.15, -0.1) is 0 Å². The van der Waals surface area contributed by atoms with Crippen LogP contribution in [0.2, 0.25) is 0 Å². The molecule has 0 aromatic heterocycles. The third-order valence-electron chi connectivity index (χ3n) is 7.16. The van der Waals surface area contributed by atoms with Crippen molar-refractivity contribution in [2.45, 2.75) is 168 Å². The Balaban J connectivity index is 3.82. The van der Waals surface area contributed by atoms with E-state index in [1.807, 2.05) is 0 Å². The van der Waals surface area contributed by atoms with Gasteiger partial charge in [0.15, 0.2) is 0 Å². The van der Waals surface area contributed by atoms with Gasteiger partial charge in [0, 0.05) is 12.8 Å². The van der Waals surface area contributed by atoms with Crippen LogP contribution in [-0.2, 0) is 19.1 Å². The predicted molar refractivity (Wildman–Crippen MR) is 156 cm³/mol. The van der Waals surface area contributed by atoms with Gasteiger partial charge < -0.3 is 9.53 Å². The molecule has 0 radical (unpaired) electrons. The van der Waals surface area contributed by atoms with Crippen molar-refractivity contribution in [1.29, 1.82) is 0 Å². The Morgan fingerprint density at radius 2 is 1.14 bits per heavy atom. The normalized spacial score (nSPS) is 12.3. The van der Waals surface area contributed by atoms with Crippen molar-refractivity contribution in [3.63, 3.8) is 0 Å². The van der Waals surface area contributed by atoms with E-state index in [1.165, 1.54) is 83.5 Å². The van der Waals surface area contributed by atoms with Crippen LogP contribution in [-0.4, -0.2) is 18.2 Å². The first-order chi connectivity index (χ1) is 18.0. The highest BCUT2D eigenvalue weighted by molar-refractivity contribution is 5.86. The number of unbranched alkanes of at least 4 members (excludes halogenated alkanes) is 15. The topological polar surface area (TPSA) is 60.4 Å². The second kappa shape index (κ2) is 27.6. The summed E-state index contributed by atoms with van der Waals surface area (Å²) in [5.41, 5.74) is 0. The van der Waals surface area contributed by atoms with E-state index in [9.17, 15) is 14.4 Å². The Hall–Kier alpha value is -1.45. The molecule has 4 nitrogen and oxygen atoms in total. The lowest BCUT2D eigenvalue weighted by molar-refractivity contribution is -0.163. The molecule has 0 aromatic carbocycles. The zero-order valence-electron chi connectivity index (χ0n) is 24.8. The maximum atomic E-state index is 12.5. The summed E-state index contributed by atoms with van der Waals surface area (Å²) in [6, 6.07) is 0. The molecule has 0 aliphatic rings. The van der Waals surface area contributed by atoms with E-state index in [1.54, 1.807) is 0 Å². The third kappa shape index (κ3) is 26.0. The number of aldehydes is 1. The third-order valence-corrected chi connectivity index (χ3v) is 7.16. The van der Waals surface area contributed by atoms with Crippen LogP contribution in [0.25, 0.3) is 0 Å². The molecular weight excluding hydrogens is 460 g/mol. The summed E-state index contributed by atoms with van der Waals surface area (Å²) in [6.07, 6.45) is 30.1. The molecule has 0 saturated carbocycles. The van der Waals surface area contributed by atoms with Crippen LogP contribution in [0, 0.1) is 11.8 Å². The highest BCUT2D eigenvalue weighted by Gasteiger charge is 2.22. The molecule has 0 bridgehead atoms. The largest absolute Gasteiger partial charge is 0.393 e. The van der Waals surface area contributed by atoms with Gasteiger partial charge in [0.2, 0.25) is 0 Å². The van der Waals surface area contributed by atoms with Gasteiger partial charge in [-0.05, 0) is 50.9 Å². The van der Waals surface area contributed by atoms with Crippen LogP contribution in [0.5, 0.6) is 0 Å². The predicted octanol–water partition coefficient (Wildman–Crippen LogP) is 10.1. The van der Waals surface area contributed by atoms with E-state index >= 15 is 0 Å². The van der Waals surface area contributed by atoms with Gasteiger partial charge in [-0.2, -0.15) is 0 Å². The minimum atomic E-state index is -0.431. The summed E-state index contributed by atoms with van der Waals surface area (Å²) in [7, 11) is 0. The quantitative estimate of drug-likeness (QED) is 0.0355.